The number of fused-ring (bicyclic) bond motifs is 1. The van der Waals surface area contributed by atoms with Crippen molar-refractivity contribution >= 4 is 8.30 Å². The van der Waals surface area contributed by atoms with Crippen molar-refractivity contribution in [3.05, 3.63) is 18.2 Å². The zero-order valence-electron chi connectivity index (χ0n) is 7.40. The Labute approximate surface area is 73.6 Å². The summed E-state index contributed by atoms with van der Waals surface area (Å²) in [6.45, 7) is 4.27. The normalized spacial score (nSPS) is 28.5. The molecule has 3 nitrogen and oxygen atoms in total. The third-order valence-corrected chi connectivity index (χ3v) is 3.97. The van der Waals surface area contributed by atoms with Crippen LogP contribution in [-0.2, 0) is 10.9 Å². The first-order valence-corrected chi connectivity index (χ1v) is 5.68. The summed E-state index contributed by atoms with van der Waals surface area (Å²) in [5.74, 6) is 1.18. The van der Waals surface area contributed by atoms with E-state index in [0.29, 0.717) is 6.10 Å². The van der Waals surface area contributed by atoms with Gasteiger partial charge in [0.2, 0.25) is 0 Å². The lowest BCUT2D eigenvalue weighted by atomic mass is 10.3. The standard InChI is InChI=1S/C8H13N2OP/c1-3-12-10-5-4-9-8(10)6-7(2)11-12/h4-5,7H,3,6H2,1-2H3. The molecule has 12 heavy (non-hydrogen) atoms. The molecular weight excluding hydrogens is 171 g/mol. The second kappa shape index (κ2) is 3.15. The third kappa shape index (κ3) is 1.27. The molecule has 0 aliphatic carbocycles. The van der Waals surface area contributed by atoms with Crippen LogP contribution in [0, 0.1) is 0 Å². The Balaban J connectivity index is 2.31. The van der Waals surface area contributed by atoms with Crippen LogP contribution in [-0.4, -0.2) is 21.6 Å². The maximum absolute atomic E-state index is 5.81. The van der Waals surface area contributed by atoms with Gasteiger partial charge in [-0.05, 0) is 6.92 Å². The molecule has 1 aliphatic heterocycles. The van der Waals surface area contributed by atoms with Crippen LogP contribution in [0.2, 0.25) is 0 Å². The molecular formula is C8H13N2OP. The van der Waals surface area contributed by atoms with Gasteiger partial charge in [0, 0.05) is 25.0 Å². The Morgan fingerprint density at radius 1 is 1.83 bits per heavy atom. The third-order valence-electron chi connectivity index (χ3n) is 1.98. The van der Waals surface area contributed by atoms with Crippen molar-refractivity contribution < 1.29 is 4.52 Å². The van der Waals surface area contributed by atoms with E-state index in [-0.39, 0.29) is 0 Å². The molecule has 1 aromatic rings. The van der Waals surface area contributed by atoms with Gasteiger partial charge < -0.3 is 4.52 Å². The molecule has 0 N–H and O–H groups in total. The fourth-order valence-electron chi connectivity index (χ4n) is 1.46. The van der Waals surface area contributed by atoms with Crippen LogP contribution in [0.25, 0.3) is 0 Å². The summed E-state index contributed by atoms with van der Waals surface area (Å²) in [5, 5.41) is 0. The molecule has 2 heterocycles. The minimum atomic E-state index is -0.434. The van der Waals surface area contributed by atoms with Crippen molar-refractivity contribution in [1.29, 1.82) is 0 Å². The van der Waals surface area contributed by atoms with E-state index >= 15 is 0 Å². The highest BCUT2D eigenvalue weighted by atomic mass is 31.2. The Kier molecular flexibility index (Phi) is 2.16. The van der Waals surface area contributed by atoms with Crippen molar-refractivity contribution in [2.24, 2.45) is 0 Å². The molecule has 2 atom stereocenters. The van der Waals surface area contributed by atoms with Crippen molar-refractivity contribution in [3.63, 3.8) is 0 Å². The predicted octanol–water partition coefficient (Wildman–Crippen LogP) is 2.02. The predicted molar refractivity (Wildman–Crippen MR) is 49.3 cm³/mol. The van der Waals surface area contributed by atoms with E-state index in [4.69, 9.17) is 4.52 Å². The average molecular weight is 184 g/mol. The van der Waals surface area contributed by atoms with E-state index in [1.54, 1.807) is 0 Å². The average Bonchev–Trinajstić information content (AvgIpc) is 2.50. The van der Waals surface area contributed by atoms with Crippen LogP contribution in [0.5, 0.6) is 0 Å². The Morgan fingerprint density at radius 2 is 2.67 bits per heavy atom. The van der Waals surface area contributed by atoms with Gasteiger partial charge in [0.05, 0.1) is 6.10 Å². The summed E-state index contributed by atoms with van der Waals surface area (Å²) in [6.07, 6.45) is 6.25. The highest BCUT2D eigenvalue weighted by molar-refractivity contribution is 7.50. The highest BCUT2D eigenvalue weighted by Gasteiger charge is 2.23. The van der Waals surface area contributed by atoms with Crippen LogP contribution in [0.15, 0.2) is 12.4 Å². The largest absolute Gasteiger partial charge is 0.335 e. The first-order valence-electron chi connectivity index (χ1n) is 4.28. The SMILES string of the molecule is CCP1OC(C)Cc2nccn21. The lowest BCUT2D eigenvalue weighted by Crippen LogP contribution is -2.20. The molecule has 1 aliphatic rings. The maximum atomic E-state index is 5.81. The molecule has 2 unspecified atom stereocenters. The topological polar surface area (TPSA) is 27.1 Å². The maximum Gasteiger partial charge on any atom is 0.137 e. The molecule has 0 fully saturated rings. The molecule has 66 valence electrons. The number of hydrogen-bond acceptors (Lipinski definition) is 2. The molecule has 0 bridgehead atoms. The summed E-state index contributed by atoms with van der Waals surface area (Å²) < 4.78 is 8.00. The lowest BCUT2D eigenvalue weighted by molar-refractivity contribution is 0.228. The van der Waals surface area contributed by atoms with Crippen molar-refractivity contribution in [2.75, 3.05) is 6.16 Å². The Hall–Kier alpha value is -0.400. The minimum absolute atomic E-state index is 0.339. The van der Waals surface area contributed by atoms with Crippen molar-refractivity contribution in [1.82, 2.24) is 9.32 Å². The van der Waals surface area contributed by atoms with Gasteiger partial charge in [-0.25, -0.2) is 4.98 Å². The Bertz CT molecular complexity index is 274. The summed E-state index contributed by atoms with van der Waals surface area (Å²) in [6, 6.07) is 0. The van der Waals surface area contributed by atoms with Crippen LogP contribution < -0.4 is 0 Å². The number of aromatic nitrogens is 2. The van der Waals surface area contributed by atoms with Crippen LogP contribution in [0.3, 0.4) is 0 Å². The summed E-state index contributed by atoms with van der Waals surface area (Å²) in [7, 11) is -0.434. The second-order valence-corrected chi connectivity index (χ2v) is 4.96. The number of rotatable bonds is 1. The first kappa shape index (κ1) is 8.21. The molecule has 0 saturated heterocycles. The van der Waals surface area contributed by atoms with Gasteiger partial charge in [-0.3, -0.25) is 4.34 Å². The van der Waals surface area contributed by atoms with Gasteiger partial charge in [0.15, 0.2) is 0 Å². The van der Waals surface area contributed by atoms with E-state index in [9.17, 15) is 0 Å². The number of imidazole rings is 1. The molecule has 0 amide bonds. The van der Waals surface area contributed by atoms with E-state index in [1.807, 2.05) is 12.4 Å². The number of hydrogen-bond donors (Lipinski definition) is 0. The van der Waals surface area contributed by atoms with Crippen LogP contribution >= 0.6 is 8.30 Å². The van der Waals surface area contributed by atoms with Gasteiger partial charge >= 0.3 is 0 Å². The first-order chi connectivity index (χ1) is 5.81. The molecule has 4 heteroatoms. The highest BCUT2D eigenvalue weighted by Crippen LogP contribution is 2.44. The Morgan fingerprint density at radius 3 is 3.42 bits per heavy atom. The molecule has 1 aromatic heterocycles. The molecule has 0 saturated carbocycles. The van der Waals surface area contributed by atoms with E-state index in [0.717, 1.165) is 12.6 Å². The van der Waals surface area contributed by atoms with Gasteiger partial charge in [-0.1, -0.05) is 6.92 Å². The molecule has 0 spiro atoms. The smallest absolute Gasteiger partial charge is 0.137 e. The van der Waals surface area contributed by atoms with Crippen LogP contribution in [0.4, 0.5) is 0 Å². The van der Waals surface area contributed by atoms with E-state index in [2.05, 4.69) is 23.2 Å². The second-order valence-electron chi connectivity index (χ2n) is 2.98. The molecule has 0 radical (unpaired) electrons. The monoisotopic (exact) mass is 184 g/mol. The van der Waals surface area contributed by atoms with E-state index in [1.165, 1.54) is 5.82 Å². The summed E-state index contributed by atoms with van der Waals surface area (Å²) in [5.41, 5.74) is 0. The minimum Gasteiger partial charge on any atom is -0.335 e. The zero-order valence-corrected chi connectivity index (χ0v) is 8.29. The molecule has 0 aromatic carbocycles. The summed E-state index contributed by atoms with van der Waals surface area (Å²) >= 11 is 0. The van der Waals surface area contributed by atoms with Gasteiger partial charge in [-0.2, -0.15) is 0 Å². The van der Waals surface area contributed by atoms with Gasteiger partial charge in [0.1, 0.15) is 14.1 Å². The van der Waals surface area contributed by atoms with Gasteiger partial charge in [0.25, 0.3) is 0 Å². The fourth-order valence-corrected chi connectivity index (χ4v) is 3.10. The quantitative estimate of drug-likeness (QED) is 0.624. The van der Waals surface area contributed by atoms with Crippen molar-refractivity contribution in [3.8, 4) is 0 Å². The van der Waals surface area contributed by atoms with Gasteiger partial charge in [-0.15, -0.1) is 0 Å². The lowest BCUT2D eigenvalue weighted by Gasteiger charge is -2.28. The zero-order chi connectivity index (χ0) is 8.55. The molecule has 2 rings (SSSR count). The fraction of sp³-hybridized carbons (Fsp3) is 0.625. The summed E-state index contributed by atoms with van der Waals surface area (Å²) in [4.78, 5) is 4.30. The van der Waals surface area contributed by atoms with Crippen molar-refractivity contribution in [2.45, 2.75) is 26.4 Å². The van der Waals surface area contributed by atoms with Crippen LogP contribution in [0.1, 0.15) is 19.7 Å². The van der Waals surface area contributed by atoms with E-state index < -0.39 is 8.30 Å². The number of nitrogens with zero attached hydrogens (tertiary/aromatic N) is 2.